The fourth-order valence-corrected chi connectivity index (χ4v) is 2.83. The van der Waals surface area contributed by atoms with E-state index in [0.717, 1.165) is 0 Å². The molecule has 1 amide bonds. The number of hydrogen-bond donors (Lipinski definition) is 1. The van der Waals surface area contributed by atoms with Gasteiger partial charge in [0.15, 0.2) is 0 Å². The van der Waals surface area contributed by atoms with Gasteiger partial charge in [-0.05, 0) is 6.42 Å². The third-order valence-corrected chi connectivity index (χ3v) is 3.94. The van der Waals surface area contributed by atoms with E-state index in [4.69, 9.17) is 4.74 Å². The third-order valence-electron chi connectivity index (χ3n) is 3.94. The fraction of sp³-hybridized carbons (Fsp3) is 0.833. The second kappa shape index (κ2) is 4.29. The molecule has 2 aliphatic rings. The summed E-state index contributed by atoms with van der Waals surface area (Å²) in [6, 6.07) is 0. The highest BCUT2D eigenvalue weighted by Crippen LogP contribution is 2.42. The van der Waals surface area contributed by atoms with Crippen molar-refractivity contribution in [2.45, 2.75) is 20.3 Å². The molecule has 0 saturated carbocycles. The van der Waals surface area contributed by atoms with Gasteiger partial charge in [-0.3, -0.25) is 9.59 Å². The van der Waals surface area contributed by atoms with E-state index in [0.29, 0.717) is 32.7 Å². The van der Waals surface area contributed by atoms with Crippen molar-refractivity contribution in [2.24, 2.45) is 17.3 Å². The molecular weight excluding hydrogens is 222 g/mol. The Morgan fingerprint density at radius 2 is 2.18 bits per heavy atom. The van der Waals surface area contributed by atoms with E-state index >= 15 is 0 Å². The van der Waals surface area contributed by atoms with Gasteiger partial charge in [0.05, 0.1) is 12.0 Å². The Bertz CT molecular complexity index is 341. The van der Waals surface area contributed by atoms with Crippen LogP contribution >= 0.6 is 0 Å². The quantitative estimate of drug-likeness (QED) is 0.768. The molecule has 5 heteroatoms. The number of fused-ring (bicyclic) bond motifs is 1. The first kappa shape index (κ1) is 12.4. The maximum atomic E-state index is 11.9. The molecule has 5 nitrogen and oxygen atoms in total. The summed E-state index contributed by atoms with van der Waals surface area (Å²) in [6.45, 7) is 5.47. The van der Waals surface area contributed by atoms with E-state index in [9.17, 15) is 14.7 Å². The molecule has 0 unspecified atom stereocenters. The number of aliphatic carboxylic acids is 1. The molecule has 0 radical (unpaired) electrons. The minimum Gasteiger partial charge on any atom is -0.481 e. The first-order valence-electron chi connectivity index (χ1n) is 6.07. The summed E-state index contributed by atoms with van der Waals surface area (Å²) in [5.74, 6) is -0.886. The lowest BCUT2D eigenvalue weighted by molar-refractivity contribution is -0.157. The fourth-order valence-electron chi connectivity index (χ4n) is 2.83. The zero-order valence-electron chi connectivity index (χ0n) is 10.3. The van der Waals surface area contributed by atoms with Crippen LogP contribution in [0, 0.1) is 17.3 Å². The summed E-state index contributed by atoms with van der Waals surface area (Å²) < 4.78 is 5.35. The number of rotatable bonds is 2. The van der Waals surface area contributed by atoms with Gasteiger partial charge in [-0.1, -0.05) is 13.8 Å². The number of hydrogen-bond acceptors (Lipinski definition) is 3. The zero-order valence-corrected chi connectivity index (χ0v) is 10.3. The molecule has 2 rings (SSSR count). The highest BCUT2D eigenvalue weighted by Gasteiger charge is 2.54. The molecule has 2 aliphatic heterocycles. The van der Waals surface area contributed by atoms with E-state index in [1.54, 1.807) is 4.90 Å². The van der Waals surface area contributed by atoms with Crippen molar-refractivity contribution < 1.29 is 19.4 Å². The van der Waals surface area contributed by atoms with Crippen molar-refractivity contribution in [2.75, 3.05) is 26.3 Å². The molecule has 96 valence electrons. The van der Waals surface area contributed by atoms with E-state index in [1.807, 2.05) is 13.8 Å². The van der Waals surface area contributed by atoms with Gasteiger partial charge in [0.25, 0.3) is 0 Å². The van der Waals surface area contributed by atoms with Crippen molar-refractivity contribution in [3.05, 3.63) is 0 Å². The van der Waals surface area contributed by atoms with E-state index < -0.39 is 11.4 Å². The maximum absolute atomic E-state index is 11.9. The van der Waals surface area contributed by atoms with Gasteiger partial charge < -0.3 is 14.7 Å². The predicted molar refractivity (Wildman–Crippen MR) is 60.4 cm³/mol. The molecule has 2 heterocycles. The number of carbonyl (C=O) groups is 2. The van der Waals surface area contributed by atoms with E-state index in [-0.39, 0.29) is 17.7 Å². The number of ether oxygens (including phenoxy) is 1. The lowest BCUT2D eigenvalue weighted by atomic mass is 9.74. The molecule has 2 saturated heterocycles. The Labute approximate surface area is 101 Å². The number of carboxylic acids is 1. The van der Waals surface area contributed by atoms with Gasteiger partial charge in [0.2, 0.25) is 5.91 Å². The van der Waals surface area contributed by atoms with Crippen molar-refractivity contribution in [1.82, 2.24) is 4.90 Å². The first-order chi connectivity index (χ1) is 7.97. The summed E-state index contributed by atoms with van der Waals surface area (Å²) in [5.41, 5.74) is -0.775. The van der Waals surface area contributed by atoms with Crippen LogP contribution in [0.5, 0.6) is 0 Å². The van der Waals surface area contributed by atoms with Crippen molar-refractivity contribution in [1.29, 1.82) is 0 Å². The Morgan fingerprint density at radius 1 is 1.47 bits per heavy atom. The molecule has 2 fully saturated rings. The van der Waals surface area contributed by atoms with Gasteiger partial charge in [0, 0.05) is 31.5 Å². The molecule has 0 aliphatic carbocycles. The van der Waals surface area contributed by atoms with Crippen LogP contribution < -0.4 is 0 Å². The smallest absolute Gasteiger partial charge is 0.311 e. The largest absolute Gasteiger partial charge is 0.481 e. The SMILES string of the molecule is CC(C)C(=O)N1C[C@H]2COCC[C@@]2(C(=O)O)C1. The number of likely N-dealkylation sites (tertiary alicyclic amines) is 1. The normalized spacial score (nSPS) is 32.6. The van der Waals surface area contributed by atoms with Gasteiger partial charge in [-0.25, -0.2) is 0 Å². The Balaban J connectivity index is 2.20. The number of carbonyl (C=O) groups excluding carboxylic acids is 1. The topological polar surface area (TPSA) is 66.8 Å². The summed E-state index contributed by atoms with van der Waals surface area (Å²) in [6.07, 6.45) is 0.509. The van der Waals surface area contributed by atoms with Crippen LogP contribution in [-0.4, -0.2) is 48.2 Å². The summed E-state index contributed by atoms with van der Waals surface area (Å²) in [7, 11) is 0. The minimum absolute atomic E-state index is 0.0417. The van der Waals surface area contributed by atoms with Gasteiger partial charge in [-0.15, -0.1) is 0 Å². The van der Waals surface area contributed by atoms with Crippen LogP contribution in [0.1, 0.15) is 20.3 Å². The molecular formula is C12H19NO4. The number of carboxylic acid groups (broad SMARTS) is 1. The van der Waals surface area contributed by atoms with E-state index in [2.05, 4.69) is 0 Å². The van der Waals surface area contributed by atoms with Gasteiger partial charge in [0.1, 0.15) is 0 Å². The van der Waals surface area contributed by atoms with Crippen LogP contribution in [0.3, 0.4) is 0 Å². The molecule has 0 aromatic carbocycles. The van der Waals surface area contributed by atoms with Crippen LogP contribution in [0.2, 0.25) is 0 Å². The molecule has 0 aromatic rings. The molecule has 0 bridgehead atoms. The van der Waals surface area contributed by atoms with Crippen LogP contribution in [0.25, 0.3) is 0 Å². The standard InChI is InChI=1S/C12H19NO4/c1-8(2)10(14)13-5-9-6-17-4-3-12(9,7-13)11(15)16/h8-9H,3-7H2,1-2H3,(H,15,16)/t9-,12+/m0/s1. The summed E-state index contributed by atoms with van der Waals surface area (Å²) in [5, 5.41) is 9.44. The monoisotopic (exact) mass is 241 g/mol. The molecule has 0 spiro atoms. The van der Waals surface area contributed by atoms with Crippen molar-refractivity contribution >= 4 is 11.9 Å². The van der Waals surface area contributed by atoms with Crippen LogP contribution in [-0.2, 0) is 14.3 Å². The lowest BCUT2D eigenvalue weighted by Gasteiger charge is -2.33. The highest BCUT2D eigenvalue weighted by atomic mass is 16.5. The second-order valence-electron chi connectivity index (χ2n) is 5.36. The van der Waals surface area contributed by atoms with Crippen LogP contribution in [0.4, 0.5) is 0 Å². The number of amides is 1. The Kier molecular flexibility index (Phi) is 3.12. The molecule has 2 atom stereocenters. The van der Waals surface area contributed by atoms with Gasteiger partial charge >= 0.3 is 5.97 Å². The average molecular weight is 241 g/mol. The number of nitrogens with zero attached hydrogens (tertiary/aromatic N) is 1. The van der Waals surface area contributed by atoms with E-state index in [1.165, 1.54) is 0 Å². The maximum Gasteiger partial charge on any atom is 0.311 e. The minimum atomic E-state index is -0.787. The second-order valence-corrected chi connectivity index (χ2v) is 5.36. The molecule has 1 N–H and O–H groups in total. The molecule has 17 heavy (non-hydrogen) atoms. The third kappa shape index (κ3) is 1.92. The molecule has 0 aromatic heterocycles. The first-order valence-corrected chi connectivity index (χ1v) is 6.07. The van der Waals surface area contributed by atoms with Crippen LogP contribution in [0.15, 0.2) is 0 Å². The lowest BCUT2D eigenvalue weighted by Crippen LogP contribution is -2.45. The highest BCUT2D eigenvalue weighted by molar-refractivity contribution is 5.82. The Morgan fingerprint density at radius 3 is 2.71 bits per heavy atom. The Hall–Kier alpha value is -1.10. The zero-order chi connectivity index (χ0) is 12.6. The van der Waals surface area contributed by atoms with Crippen molar-refractivity contribution in [3.63, 3.8) is 0 Å². The van der Waals surface area contributed by atoms with Crippen molar-refractivity contribution in [3.8, 4) is 0 Å². The average Bonchev–Trinajstić information content (AvgIpc) is 2.68. The van der Waals surface area contributed by atoms with Gasteiger partial charge in [-0.2, -0.15) is 0 Å². The summed E-state index contributed by atoms with van der Waals surface area (Å²) >= 11 is 0. The summed E-state index contributed by atoms with van der Waals surface area (Å²) in [4.78, 5) is 25.1. The predicted octanol–water partition coefficient (Wildman–Crippen LogP) is 0.592.